The number of aliphatic hydroxyl groups excluding tert-OH is 1. The molecule has 0 spiro atoms. The molecule has 0 saturated heterocycles. The molecule has 8 nitrogen and oxygen atoms in total. The molecule has 168 valence electrons. The highest BCUT2D eigenvalue weighted by Gasteiger charge is 2.43. The van der Waals surface area contributed by atoms with Crippen LogP contribution in [0.2, 0.25) is 0 Å². The quantitative estimate of drug-likeness (QED) is 0.408. The minimum absolute atomic E-state index is 0.0204. The molecule has 2 aliphatic rings. The highest BCUT2D eigenvalue weighted by molar-refractivity contribution is 5.95. The summed E-state index contributed by atoms with van der Waals surface area (Å²) < 4.78 is 1.84. The summed E-state index contributed by atoms with van der Waals surface area (Å²) in [6, 6.07) is 11.6. The molecule has 0 bridgehead atoms. The van der Waals surface area contributed by atoms with Gasteiger partial charge < -0.3 is 10.4 Å². The van der Waals surface area contributed by atoms with Crippen molar-refractivity contribution in [1.29, 1.82) is 0 Å². The van der Waals surface area contributed by atoms with E-state index >= 15 is 0 Å². The lowest BCUT2D eigenvalue weighted by atomic mass is 9.97. The summed E-state index contributed by atoms with van der Waals surface area (Å²) in [5, 5.41) is 25.5. The van der Waals surface area contributed by atoms with Gasteiger partial charge in [0.1, 0.15) is 5.82 Å². The first-order chi connectivity index (χ1) is 16.0. The van der Waals surface area contributed by atoms with Crippen LogP contribution in [-0.2, 0) is 13.5 Å². The van der Waals surface area contributed by atoms with E-state index < -0.39 is 5.54 Å². The van der Waals surface area contributed by atoms with Gasteiger partial charge in [0, 0.05) is 30.0 Å². The Labute approximate surface area is 191 Å². The number of hydrogen-bond acceptors (Lipinski definition) is 5. The van der Waals surface area contributed by atoms with Crippen LogP contribution in [0.3, 0.4) is 0 Å². The second-order valence-electron chi connectivity index (χ2n) is 9.37. The molecule has 2 fully saturated rings. The third kappa shape index (κ3) is 3.70. The van der Waals surface area contributed by atoms with Crippen LogP contribution in [0.1, 0.15) is 58.9 Å². The van der Waals surface area contributed by atoms with Crippen molar-refractivity contribution in [2.24, 2.45) is 7.05 Å². The second kappa shape index (κ2) is 7.52. The number of H-pyrrole nitrogens is 1. The number of benzene rings is 2. The van der Waals surface area contributed by atoms with Crippen molar-refractivity contribution >= 4 is 16.8 Å². The Morgan fingerprint density at radius 3 is 2.70 bits per heavy atom. The summed E-state index contributed by atoms with van der Waals surface area (Å²) in [6.07, 6.45) is 6.73. The number of fused-ring (bicyclic) bond motifs is 1. The molecule has 0 atom stereocenters. The molecular weight excluding hydrogens is 416 g/mol. The molecule has 0 unspecified atom stereocenters. The number of amides is 1. The van der Waals surface area contributed by atoms with E-state index in [1.165, 1.54) is 29.4 Å². The lowest BCUT2D eigenvalue weighted by molar-refractivity contribution is 0.0907. The maximum absolute atomic E-state index is 12.5. The van der Waals surface area contributed by atoms with Crippen LogP contribution < -0.4 is 5.32 Å². The minimum Gasteiger partial charge on any atom is -0.394 e. The van der Waals surface area contributed by atoms with Crippen molar-refractivity contribution in [3.63, 3.8) is 0 Å². The fourth-order valence-corrected chi connectivity index (χ4v) is 4.51. The largest absolute Gasteiger partial charge is 0.394 e. The lowest BCUT2D eigenvalue weighted by Gasteiger charge is -2.14. The molecule has 1 amide bonds. The Morgan fingerprint density at radius 1 is 1.21 bits per heavy atom. The van der Waals surface area contributed by atoms with Gasteiger partial charge in [-0.2, -0.15) is 10.2 Å². The van der Waals surface area contributed by atoms with Gasteiger partial charge in [0.15, 0.2) is 5.82 Å². The van der Waals surface area contributed by atoms with E-state index in [1.807, 2.05) is 30.1 Å². The number of carbonyl (C=O) groups excluding carboxylic acids is 1. The predicted octanol–water partition coefficient (Wildman–Crippen LogP) is 3.08. The molecule has 2 heterocycles. The third-order valence-electron chi connectivity index (χ3n) is 6.88. The molecule has 0 aliphatic heterocycles. The minimum atomic E-state index is -0.425. The van der Waals surface area contributed by atoms with Crippen LogP contribution in [0.25, 0.3) is 22.3 Å². The number of nitrogens with zero attached hydrogens (tertiary/aromatic N) is 4. The Kier molecular flexibility index (Phi) is 4.58. The first-order valence-electron chi connectivity index (χ1n) is 11.4. The van der Waals surface area contributed by atoms with Crippen molar-refractivity contribution < 1.29 is 9.90 Å². The van der Waals surface area contributed by atoms with Crippen molar-refractivity contribution in [2.45, 2.75) is 43.6 Å². The summed E-state index contributed by atoms with van der Waals surface area (Å²) in [6.45, 7) is -0.0204. The van der Waals surface area contributed by atoms with Crippen LogP contribution in [0.5, 0.6) is 0 Å². The fraction of sp³-hybridized carbons (Fsp3) is 0.360. The number of hydrogen-bond donors (Lipinski definition) is 3. The second-order valence-corrected chi connectivity index (χ2v) is 9.37. The van der Waals surface area contributed by atoms with Crippen LogP contribution in [-0.4, -0.2) is 48.1 Å². The summed E-state index contributed by atoms with van der Waals surface area (Å²) in [5.74, 6) is 1.99. The lowest BCUT2D eigenvalue weighted by Crippen LogP contribution is -2.39. The number of aryl methyl sites for hydroxylation is 1. The first kappa shape index (κ1) is 20.1. The smallest absolute Gasteiger partial charge is 0.251 e. The number of aromatic nitrogens is 5. The Bertz CT molecular complexity index is 1350. The molecule has 3 N–H and O–H groups in total. The highest BCUT2D eigenvalue weighted by Crippen LogP contribution is 2.45. The van der Waals surface area contributed by atoms with E-state index in [-0.39, 0.29) is 12.5 Å². The van der Waals surface area contributed by atoms with Gasteiger partial charge >= 0.3 is 0 Å². The number of nitrogens with one attached hydrogen (secondary N) is 2. The molecule has 2 aliphatic carbocycles. The van der Waals surface area contributed by atoms with Gasteiger partial charge in [-0.15, -0.1) is 0 Å². The SMILES string of the molecule is Cn1nc(-c2ccc(C(=O)NC3(CO)CC3)cc2)nc1Cc1ccc2[nH]ncc2c1C1CC1. The van der Waals surface area contributed by atoms with E-state index in [4.69, 9.17) is 4.98 Å². The van der Waals surface area contributed by atoms with Crippen molar-refractivity contribution in [1.82, 2.24) is 30.3 Å². The zero-order valence-corrected chi connectivity index (χ0v) is 18.5. The summed E-state index contributed by atoms with van der Waals surface area (Å²) in [4.78, 5) is 17.3. The van der Waals surface area contributed by atoms with Crippen molar-refractivity contribution in [3.8, 4) is 11.4 Å². The van der Waals surface area contributed by atoms with Crippen LogP contribution in [0.4, 0.5) is 0 Å². The highest BCUT2D eigenvalue weighted by atomic mass is 16.3. The Balaban J connectivity index is 1.24. The average Bonchev–Trinajstić information content (AvgIpc) is 3.73. The van der Waals surface area contributed by atoms with Gasteiger partial charge in [-0.25, -0.2) is 4.98 Å². The fourth-order valence-electron chi connectivity index (χ4n) is 4.51. The molecule has 0 radical (unpaired) electrons. The summed E-state index contributed by atoms with van der Waals surface area (Å²) in [7, 11) is 1.92. The number of aromatic amines is 1. The van der Waals surface area contributed by atoms with Gasteiger partial charge in [0.25, 0.3) is 5.91 Å². The first-order valence-corrected chi connectivity index (χ1v) is 11.4. The van der Waals surface area contributed by atoms with Gasteiger partial charge in [-0.3, -0.25) is 14.6 Å². The molecule has 2 aromatic carbocycles. The molecular formula is C25H26N6O2. The number of carbonyl (C=O) groups is 1. The summed E-state index contributed by atoms with van der Waals surface area (Å²) in [5.41, 5.74) is 4.75. The molecule has 2 saturated carbocycles. The van der Waals surface area contributed by atoms with Crippen molar-refractivity contribution in [3.05, 3.63) is 65.1 Å². The van der Waals surface area contributed by atoms with Gasteiger partial charge in [0.05, 0.1) is 23.9 Å². The zero-order chi connectivity index (χ0) is 22.6. The molecule has 4 aromatic rings. The zero-order valence-electron chi connectivity index (χ0n) is 18.5. The monoisotopic (exact) mass is 442 g/mol. The van der Waals surface area contributed by atoms with E-state index in [9.17, 15) is 9.90 Å². The maximum atomic E-state index is 12.5. The third-order valence-corrected chi connectivity index (χ3v) is 6.88. The topological polar surface area (TPSA) is 109 Å². The number of aliphatic hydroxyl groups is 1. The van der Waals surface area contributed by atoms with Crippen LogP contribution in [0, 0.1) is 0 Å². The van der Waals surface area contributed by atoms with E-state index in [2.05, 4.69) is 32.7 Å². The van der Waals surface area contributed by atoms with Crippen LogP contribution >= 0.6 is 0 Å². The van der Waals surface area contributed by atoms with E-state index in [0.29, 0.717) is 23.7 Å². The van der Waals surface area contributed by atoms with Gasteiger partial charge in [-0.1, -0.05) is 18.2 Å². The average molecular weight is 443 g/mol. The molecule has 2 aromatic heterocycles. The van der Waals surface area contributed by atoms with E-state index in [1.54, 1.807) is 12.1 Å². The summed E-state index contributed by atoms with van der Waals surface area (Å²) >= 11 is 0. The van der Waals surface area contributed by atoms with E-state index in [0.717, 1.165) is 29.7 Å². The molecule has 6 rings (SSSR count). The van der Waals surface area contributed by atoms with Gasteiger partial charge in [0.2, 0.25) is 0 Å². The Morgan fingerprint density at radius 2 is 2.00 bits per heavy atom. The maximum Gasteiger partial charge on any atom is 0.251 e. The molecule has 33 heavy (non-hydrogen) atoms. The number of rotatable bonds is 7. The van der Waals surface area contributed by atoms with Crippen molar-refractivity contribution in [2.75, 3.05) is 6.61 Å². The standard InChI is InChI=1S/C25H26N6O2/c1-31-21(12-18-8-9-20-19(13-26-29-20)22(18)15-2-3-15)27-23(30-31)16-4-6-17(7-5-16)24(33)28-25(14-32)10-11-25/h4-9,13,15,32H,2-3,10-12,14H2,1H3,(H,26,29)(H,28,33). The normalized spacial score (nSPS) is 16.8. The molecule has 8 heteroatoms. The van der Waals surface area contributed by atoms with Crippen LogP contribution in [0.15, 0.2) is 42.6 Å². The predicted molar refractivity (Wildman–Crippen MR) is 124 cm³/mol. The van der Waals surface area contributed by atoms with Gasteiger partial charge in [-0.05, 0) is 60.9 Å². The Hall–Kier alpha value is -3.52.